The van der Waals surface area contributed by atoms with Gasteiger partial charge in [-0.1, -0.05) is 27.2 Å². The van der Waals surface area contributed by atoms with Crippen LogP contribution >= 0.6 is 0 Å². The van der Waals surface area contributed by atoms with Gasteiger partial charge in [0.25, 0.3) is 0 Å². The van der Waals surface area contributed by atoms with Crippen LogP contribution in [0.4, 0.5) is 0 Å². The van der Waals surface area contributed by atoms with Crippen molar-refractivity contribution in [2.45, 2.75) is 52.0 Å². The Labute approximate surface area is 158 Å². The Bertz CT molecular complexity index is 1050. The van der Waals surface area contributed by atoms with E-state index >= 15 is 0 Å². The second-order valence-electron chi connectivity index (χ2n) is 7.96. The van der Waals surface area contributed by atoms with E-state index in [9.17, 15) is 8.42 Å². The van der Waals surface area contributed by atoms with Gasteiger partial charge in [-0.3, -0.25) is 4.40 Å². The van der Waals surface area contributed by atoms with Crippen molar-refractivity contribution in [1.82, 2.24) is 29.3 Å². The Balaban J connectivity index is 1.66. The number of rotatable bonds is 6. The number of fused-ring (bicyclic) bond motifs is 3. The zero-order chi connectivity index (χ0) is 19.2. The molecule has 0 radical (unpaired) electrons. The Kier molecular flexibility index (Phi) is 4.67. The Hall–Kier alpha value is -2.00. The molecule has 0 aromatic carbocycles. The predicted molar refractivity (Wildman–Crippen MR) is 104 cm³/mol. The van der Waals surface area contributed by atoms with Crippen LogP contribution in [0.2, 0.25) is 0 Å². The molecule has 146 valence electrons. The average molecular weight is 391 g/mol. The molecular weight excluding hydrogens is 364 g/mol. The zero-order valence-corrected chi connectivity index (χ0v) is 16.7. The van der Waals surface area contributed by atoms with E-state index in [0.29, 0.717) is 5.92 Å². The van der Waals surface area contributed by atoms with Gasteiger partial charge in [0.15, 0.2) is 11.3 Å². The first-order valence-corrected chi connectivity index (χ1v) is 11.2. The van der Waals surface area contributed by atoms with Gasteiger partial charge in [0.2, 0.25) is 10.0 Å². The molecule has 0 spiro atoms. The van der Waals surface area contributed by atoms with Crippen LogP contribution in [0.25, 0.3) is 16.8 Å². The average Bonchev–Trinajstić information content (AvgIpc) is 3.29. The molecule has 1 aliphatic carbocycles. The van der Waals surface area contributed by atoms with Crippen LogP contribution in [0.3, 0.4) is 0 Å². The molecule has 3 aromatic rings. The maximum absolute atomic E-state index is 12.4. The van der Waals surface area contributed by atoms with E-state index in [4.69, 9.17) is 0 Å². The van der Waals surface area contributed by atoms with Crippen molar-refractivity contribution in [2.75, 3.05) is 5.75 Å². The fourth-order valence-corrected chi connectivity index (χ4v) is 6.04. The summed E-state index contributed by atoms with van der Waals surface area (Å²) in [5.74, 6) is 1.70. The van der Waals surface area contributed by atoms with Crippen LogP contribution in [-0.4, -0.2) is 44.8 Å². The number of hydrogen-bond acceptors (Lipinski definition) is 5. The summed E-state index contributed by atoms with van der Waals surface area (Å²) in [6, 6.07) is 1.92. The number of aromatic amines is 1. The largest absolute Gasteiger partial charge is 0.345 e. The smallest absolute Gasteiger partial charge is 0.212 e. The van der Waals surface area contributed by atoms with Gasteiger partial charge in [-0.05, 0) is 30.7 Å². The highest BCUT2D eigenvalue weighted by molar-refractivity contribution is 7.89. The van der Waals surface area contributed by atoms with Gasteiger partial charge in [-0.2, -0.15) is 0 Å². The molecule has 0 amide bonds. The number of sulfonamides is 1. The SMILES string of the molecule is CC[C@@H]1C[C@H](NS(=O)(=O)CC(C)C)C[C@@H]1c1nnc2cnc3[nH]ccc3n12. The lowest BCUT2D eigenvalue weighted by Crippen LogP contribution is -2.36. The van der Waals surface area contributed by atoms with Gasteiger partial charge in [0.05, 0.1) is 17.5 Å². The minimum atomic E-state index is -3.26. The molecule has 1 fully saturated rings. The molecule has 2 N–H and O–H groups in total. The van der Waals surface area contributed by atoms with Crippen LogP contribution < -0.4 is 4.72 Å². The van der Waals surface area contributed by atoms with Crippen molar-refractivity contribution in [3.63, 3.8) is 0 Å². The van der Waals surface area contributed by atoms with Gasteiger partial charge in [0, 0.05) is 18.2 Å². The van der Waals surface area contributed by atoms with Gasteiger partial charge in [-0.25, -0.2) is 18.1 Å². The summed E-state index contributed by atoms with van der Waals surface area (Å²) in [4.78, 5) is 7.49. The number of nitrogens with one attached hydrogen (secondary N) is 2. The molecule has 1 saturated carbocycles. The first-order chi connectivity index (χ1) is 12.9. The molecule has 3 heterocycles. The first kappa shape index (κ1) is 18.4. The monoisotopic (exact) mass is 390 g/mol. The molecule has 4 rings (SSSR count). The fourth-order valence-electron chi connectivity index (χ4n) is 4.37. The van der Waals surface area contributed by atoms with Crippen LogP contribution in [-0.2, 0) is 10.0 Å². The highest BCUT2D eigenvalue weighted by Gasteiger charge is 2.38. The van der Waals surface area contributed by atoms with Gasteiger partial charge < -0.3 is 4.98 Å². The second-order valence-corrected chi connectivity index (χ2v) is 9.76. The number of H-pyrrole nitrogens is 1. The van der Waals surface area contributed by atoms with Crippen molar-refractivity contribution in [3.8, 4) is 0 Å². The Morgan fingerprint density at radius 1 is 1.33 bits per heavy atom. The predicted octanol–water partition coefficient (Wildman–Crippen LogP) is 2.45. The minimum absolute atomic E-state index is 0.0559. The third-order valence-electron chi connectivity index (χ3n) is 5.42. The normalized spacial score (nSPS) is 23.8. The maximum Gasteiger partial charge on any atom is 0.212 e. The quantitative estimate of drug-likeness (QED) is 0.673. The summed E-state index contributed by atoms with van der Waals surface area (Å²) >= 11 is 0. The molecule has 0 aliphatic heterocycles. The molecule has 0 bridgehead atoms. The van der Waals surface area contributed by atoms with Gasteiger partial charge in [-0.15, -0.1) is 10.2 Å². The highest BCUT2D eigenvalue weighted by atomic mass is 32.2. The van der Waals surface area contributed by atoms with Crippen molar-refractivity contribution in [2.24, 2.45) is 11.8 Å². The maximum atomic E-state index is 12.4. The summed E-state index contributed by atoms with van der Waals surface area (Å²) in [6.45, 7) is 5.99. The molecule has 0 unspecified atom stereocenters. The molecular formula is C18H26N6O2S. The van der Waals surface area contributed by atoms with E-state index in [0.717, 1.165) is 41.9 Å². The van der Waals surface area contributed by atoms with Crippen LogP contribution in [0, 0.1) is 11.8 Å². The number of aromatic nitrogens is 5. The van der Waals surface area contributed by atoms with E-state index in [1.807, 2.05) is 26.1 Å². The van der Waals surface area contributed by atoms with E-state index in [-0.39, 0.29) is 23.6 Å². The summed E-state index contributed by atoms with van der Waals surface area (Å²) in [5, 5.41) is 8.77. The van der Waals surface area contributed by atoms with Crippen LogP contribution in [0.1, 0.15) is 51.8 Å². The fraction of sp³-hybridized carbons (Fsp3) is 0.611. The van der Waals surface area contributed by atoms with Gasteiger partial charge in [0.1, 0.15) is 5.82 Å². The standard InChI is InChI=1S/C18H26N6O2S/c1-4-12-7-13(23-27(25,26)10-11(2)3)8-14(12)18-22-21-16-9-20-17-15(24(16)18)5-6-19-17/h5-6,9,11-14,19,23H,4,7-8,10H2,1-3H3/t12-,13+,14+/m1/s1. The van der Waals surface area contributed by atoms with Crippen LogP contribution in [0.15, 0.2) is 18.5 Å². The van der Waals surface area contributed by atoms with Crippen molar-refractivity contribution in [3.05, 3.63) is 24.3 Å². The molecule has 9 heteroatoms. The van der Waals surface area contributed by atoms with E-state index in [2.05, 4.69) is 36.2 Å². The summed E-state index contributed by atoms with van der Waals surface area (Å²) in [6.07, 6.45) is 6.12. The number of nitrogens with zero attached hydrogens (tertiary/aromatic N) is 4. The molecule has 3 atom stereocenters. The van der Waals surface area contributed by atoms with Crippen LogP contribution in [0.5, 0.6) is 0 Å². The van der Waals surface area contributed by atoms with Crippen molar-refractivity contribution < 1.29 is 8.42 Å². The molecule has 1 aliphatic rings. The third-order valence-corrected chi connectivity index (χ3v) is 7.21. The van der Waals surface area contributed by atoms with Gasteiger partial charge >= 0.3 is 0 Å². The second kappa shape index (κ2) is 6.87. The Morgan fingerprint density at radius 3 is 2.89 bits per heavy atom. The van der Waals surface area contributed by atoms with E-state index in [1.165, 1.54) is 0 Å². The topological polar surface area (TPSA) is 105 Å². The lowest BCUT2D eigenvalue weighted by atomic mass is 9.93. The summed E-state index contributed by atoms with van der Waals surface area (Å²) in [5.41, 5.74) is 2.46. The lowest BCUT2D eigenvalue weighted by Gasteiger charge is -2.16. The minimum Gasteiger partial charge on any atom is -0.345 e. The molecule has 0 saturated heterocycles. The zero-order valence-electron chi connectivity index (χ0n) is 15.9. The first-order valence-electron chi connectivity index (χ1n) is 9.55. The third kappa shape index (κ3) is 3.45. The molecule has 3 aromatic heterocycles. The number of hydrogen-bond donors (Lipinski definition) is 2. The highest BCUT2D eigenvalue weighted by Crippen LogP contribution is 2.41. The Morgan fingerprint density at radius 2 is 2.15 bits per heavy atom. The molecule has 8 nitrogen and oxygen atoms in total. The van der Waals surface area contributed by atoms with E-state index in [1.54, 1.807) is 6.20 Å². The van der Waals surface area contributed by atoms with Crippen molar-refractivity contribution >= 4 is 26.8 Å². The van der Waals surface area contributed by atoms with E-state index < -0.39 is 10.0 Å². The lowest BCUT2D eigenvalue weighted by molar-refractivity contribution is 0.449. The van der Waals surface area contributed by atoms with Crippen molar-refractivity contribution in [1.29, 1.82) is 0 Å². The molecule has 27 heavy (non-hydrogen) atoms. The summed E-state index contributed by atoms with van der Waals surface area (Å²) < 4.78 is 29.7. The summed E-state index contributed by atoms with van der Waals surface area (Å²) in [7, 11) is -3.26.